The van der Waals surface area contributed by atoms with Crippen molar-refractivity contribution in [1.82, 2.24) is 10.2 Å². The lowest BCUT2D eigenvalue weighted by Gasteiger charge is -2.29. The largest absolute Gasteiger partial charge is 0.467 e. The number of carbonyl (C=O) groups excluding carboxylic acids is 3. The minimum atomic E-state index is -0.960. The van der Waals surface area contributed by atoms with Gasteiger partial charge in [-0.2, -0.15) is 0 Å². The van der Waals surface area contributed by atoms with Gasteiger partial charge in [-0.1, -0.05) is 18.9 Å². The topological polar surface area (TPSA) is 94.9 Å². The lowest BCUT2D eigenvalue weighted by Crippen LogP contribution is -2.40. The monoisotopic (exact) mass is 410 g/mol. The van der Waals surface area contributed by atoms with Crippen molar-refractivity contribution in [3.05, 3.63) is 48.4 Å². The van der Waals surface area contributed by atoms with E-state index in [9.17, 15) is 14.4 Å². The van der Waals surface area contributed by atoms with Crippen LogP contribution in [0, 0.1) is 0 Å². The number of nitrogens with zero attached hydrogens (tertiary/aromatic N) is 2. The fourth-order valence-electron chi connectivity index (χ4n) is 4.03. The summed E-state index contributed by atoms with van der Waals surface area (Å²) >= 11 is 0. The molecule has 2 saturated heterocycles. The second-order valence-electron chi connectivity index (χ2n) is 8.25. The van der Waals surface area contributed by atoms with Crippen LogP contribution in [0.4, 0.5) is 21.0 Å². The quantitative estimate of drug-likeness (QED) is 0.739. The maximum Gasteiger partial charge on any atom is 0.329 e. The number of carbonyl (C=O) groups is 3. The van der Waals surface area contributed by atoms with Gasteiger partial charge in [0.05, 0.1) is 18.0 Å². The standard InChI is InChI=1S/C22H26N4O4/c1-22(2)19(27)26(21(29)24-22)16-9-6-8-15(14-16)23-20(28)25-12-5-3-4-10-17(25)18-11-7-13-30-18/h6-9,11,13-14,17H,3-5,10,12H2,1-2H3,(H,23,28)(H,24,29). The SMILES string of the molecule is CC1(C)NC(=O)N(c2cccc(NC(=O)N3CCCCCC3c3ccco3)c2)C1=O. The molecule has 2 aliphatic rings. The van der Waals surface area contributed by atoms with Gasteiger partial charge in [-0.15, -0.1) is 0 Å². The molecule has 2 aliphatic heterocycles. The molecule has 1 unspecified atom stereocenters. The summed E-state index contributed by atoms with van der Waals surface area (Å²) in [5.74, 6) is 0.448. The molecule has 0 saturated carbocycles. The fourth-order valence-corrected chi connectivity index (χ4v) is 4.03. The van der Waals surface area contributed by atoms with E-state index in [0.29, 0.717) is 17.9 Å². The van der Waals surface area contributed by atoms with Crippen molar-refractivity contribution in [2.45, 2.75) is 51.1 Å². The Bertz CT molecular complexity index is 954. The van der Waals surface area contributed by atoms with E-state index in [1.54, 1.807) is 49.3 Å². The molecule has 2 N–H and O–H groups in total. The van der Waals surface area contributed by atoms with Gasteiger partial charge in [0.15, 0.2) is 0 Å². The maximum atomic E-state index is 13.1. The van der Waals surface area contributed by atoms with Crippen LogP contribution in [-0.2, 0) is 4.79 Å². The number of urea groups is 2. The van der Waals surface area contributed by atoms with E-state index in [-0.39, 0.29) is 18.0 Å². The number of hydrogen-bond donors (Lipinski definition) is 2. The zero-order valence-corrected chi connectivity index (χ0v) is 17.2. The van der Waals surface area contributed by atoms with E-state index in [0.717, 1.165) is 36.3 Å². The Morgan fingerprint density at radius 2 is 2.00 bits per heavy atom. The molecule has 4 rings (SSSR count). The number of likely N-dealkylation sites (tertiary alicyclic amines) is 1. The minimum absolute atomic E-state index is 0.114. The summed E-state index contributed by atoms with van der Waals surface area (Å²) in [6, 6.07) is 9.68. The summed E-state index contributed by atoms with van der Waals surface area (Å²) in [6.45, 7) is 3.96. The summed E-state index contributed by atoms with van der Waals surface area (Å²) in [5.41, 5.74) is -0.0249. The Balaban J connectivity index is 1.54. The van der Waals surface area contributed by atoms with E-state index in [1.165, 1.54) is 0 Å². The summed E-state index contributed by atoms with van der Waals surface area (Å²) in [7, 11) is 0. The molecule has 158 valence electrons. The lowest BCUT2D eigenvalue weighted by atomic mass is 10.1. The fraction of sp³-hybridized carbons (Fsp3) is 0.409. The highest BCUT2D eigenvalue weighted by Crippen LogP contribution is 2.32. The number of amides is 5. The summed E-state index contributed by atoms with van der Waals surface area (Å²) < 4.78 is 5.58. The van der Waals surface area contributed by atoms with Gasteiger partial charge in [-0.3, -0.25) is 4.79 Å². The molecule has 0 spiro atoms. The van der Waals surface area contributed by atoms with Gasteiger partial charge >= 0.3 is 12.1 Å². The number of rotatable bonds is 3. The van der Waals surface area contributed by atoms with Crippen molar-refractivity contribution < 1.29 is 18.8 Å². The molecular weight excluding hydrogens is 384 g/mol. The van der Waals surface area contributed by atoms with Gasteiger partial charge in [0.25, 0.3) is 5.91 Å². The molecule has 3 heterocycles. The van der Waals surface area contributed by atoms with Crippen LogP contribution in [0.25, 0.3) is 0 Å². The van der Waals surface area contributed by atoms with E-state index in [4.69, 9.17) is 4.42 Å². The normalized spacial score (nSPS) is 21.3. The molecule has 30 heavy (non-hydrogen) atoms. The van der Waals surface area contributed by atoms with E-state index in [1.807, 2.05) is 12.1 Å². The Hall–Kier alpha value is -3.29. The lowest BCUT2D eigenvalue weighted by molar-refractivity contribution is -0.121. The average Bonchev–Trinajstić information content (AvgIpc) is 3.20. The molecule has 8 heteroatoms. The van der Waals surface area contributed by atoms with Crippen molar-refractivity contribution in [3.63, 3.8) is 0 Å². The third kappa shape index (κ3) is 3.77. The van der Waals surface area contributed by atoms with Crippen molar-refractivity contribution in [2.75, 3.05) is 16.8 Å². The molecule has 1 atom stereocenters. The van der Waals surface area contributed by atoms with Crippen LogP contribution in [0.5, 0.6) is 0 Å². The van der Waals surface area contributed by atoms with Crippen LogP contribution in [0.15, 0.2) is 47.1 Å². The first kappa shape index (κ1) is 20.0. The Labute approximate surface area is 175 Å². The number of imide groups is 1. The molecule has 1 aromatic carbocycles. The predicted molar refractivity (Wildman–Crippen MR) is 112 cm³/mol. The zero-order valence-electron chi connectivity index (χ0n) is 17.2. The van der Waals surface area contributed by atoms with Gasteiger partial charge < -0.3 is 20.0 Å². The molecule has 5 amide bonds. The first-order chi connectivity index (χ1) is 14.4. The van der Waals surface area contributed by atoms with Crippen LogP contribution >= 0.6 is 0 Å². The van der Waals surface area contributed by atoms with Crippen molar-refractivity contribution >= 4 is 29.3 Å². The highest BCUT2D eigenvalue weighted by molar-refractivity contribution is 6.23. The highest BCUT2D eigenvalue weighted by atomic mass is 16.3. The third-order valence-corrected chi connectivity index (χ3v) is 5.60. The molecule has 2 aromatic rings. The van der Waals surface area contributed by atoms with Crippen molar-refractivity contribution in [2.24, 2.45) is 0 Å². The number of anilines is 2. The average molecular weight is 410 g/mol. The van der Waals surface area contributed by atoms with Crippen LogP contribution in [0.2, 0.25) is 0 Å². The second-order valence-corrected chi connectivity index (χ2v) is 8.25. The smallest absolute Gasteiger partial charge is 0.329 e. The van der Waals surface area contributed by atoms with E-state index in [2.05, 4.69) is 10.6 Å². The Morgan fingerprint density at radius 1 is 1.17 bits per heavy atom. The maximum absolute atomic E-state index is 13.1. The molecule has 0 bridgehead atoms. The number of furan rings is 1. The molecule has 0 aliphatic carbocycles. The Kier molecular flexibility index (Phi) is 5.24. The van der Waals surface area contributed by atoms with Crippen LogP contribution in [-0.4, -0.2) is 35.0 Å². The van der Waals surface area contributed by atoms with Crippen LogP contribution < -0.4 is 15.5 Å². The van der Waals surface area contributed by atoms with Crippen molar-refractivity contribution in [3.8, 4) is 0 Å². The molecule has 2 fully saturated rings. The van der Waals surface area contributed by atoms with Gasteiger partial charge in [-0.05, 0) is 57.0 Å². The molecule has 0 radical (unpaired) electrons. The highest BCUT2D eigenvalue weighted by Gasteiger charge is 2.45. The van der Waals surface area contributed by atoms with Gasteiger partial charge in [0.2, 0.25) is 0 Å². The molecular formula is C22H26N4O4. The number of hydrogen-bond acceptors (Lipinski definition) is 4. The first-order valence-electron chi connectivity index (χ1n) is 10.2. The minimum Gasteiger partial charge on any atom is -0.467 e. The Morgan fingerprint density at radius 3 is 2.70 bits per heavy atom. The second kappa shape index (κ2) is 7.85. The number of nitrogens with one attached hydrogen (secondary N) is 2. The summed E-state index contributed by atoms with van der Waals surface area (Å²) in [4.78, 5) is 40.9. The van der Waals surface area contributed by atoms with E-state index >= 15 is 0 Å². The summed E-state index contributed by atoms with van der Waals surface area (Å²) in [5, 5.41) is 5.58. The molecule has 8 nitrogen and oxygen atoms in total. The van der Waals surface area contributed by atoms with Gasteiger partial charge in [0, 0.05) is 12.2 Å². The van der Waals surface area contributed by atoms with E-state index < -0.39 is 11.6 Å². The zero-order chi connectivity index (χ0) is 21.3. The van der Waals surface area contributed by atoms with Crippen LogP contribution in [0.1, 0.15) is 51.3 Å². The van der Waals surface area contributed by atoms with Crippen molar-refractivity contribution in [1.29, 1.82) is 0 Å². The molecule has 1 aromatic heterocycles. The van der Waals surface area contributed by atoms with Crippen LogP contribution in [0.3, 0.4) is 0 Å². The third-order valence-electron chi connectivity index (χ3n) is 5.60. The number of benzene rings is 1. The van der Waals surface area contributed by atoms with Gasteiger partial charge in [0.1, 0.15) is 11.3 Å². The predicted octanol–water partition coefficient (Wildman–Crippen LogP) is 4.26. The first-order valence-corrected chi connectivity index (χ1v) is 10.2. The summed E-state index contributed by atoms with van der Waals surface area (Å²) in [6.07, 6.45) is 5.51. The van der Waals surface area contributed by atoms with Gasteiger partial charge in [-0.25, -0.2) is 14.5 Å².